The number of benzene rings is 1. The fraction of sp³-hybridized carbons (Fsp3) is 0.609. The van der Waals surface area contributed by atoms with Gasteiger partial charge in [0.1, 0.15) is 12.6 Å². The number of hydrogen-bond acceptors (Lipinski definition) is 5. The first kappa shape index (κ1) is 25.5. The third-order valence-electron chi connectivity index (χ3n) is 4.73. The molecule has 7 heteroatoms. The highest BCUT2D eigenvalue weighted by atomic mass is 16.5. The van der Waals surface area contributed by atoms with E-state index in [9.17, 15) is 14.4 Å². The van der Waals surface area contributed by atoms with Gasteiger partial charge < -0.3 is 20.1 Å². The molecule has 2 N–H and O–H groups in total. The normalized spacial score (nSPS) is 11.4. The van der Waals surface area contributed by atoms with Crippen LogP contribution in [-0.4, -0.2) is 37.7 Å². The van der Waals surface area contributed by atoms with Gasteiger partial charge >= 0.3 is 12.1 Å². The van der Waals surface area contributed by atoms with Gasteiger partial charge in [-0.25, -0.2) is 9.59 Å². The molecule has 1 atom stereocenters. The van der Waals surface area contributed by atoms with E-state index in [1.165, 1.54) is 7.11 Å². The number of esters is 1. The Morgan fingerprint density at radius 3 is 2.40 bits per heavy atom. The number of carbonyl (C=O) groups excluding carboxylic acids is 3. The van der Waals surface area contributed by atoms with Crippen molar-refractivity contribution in [2.75, 3.05) is 13.7 Å². The number of alkyl carbamates (subject to hydrolysis) is 1. The van der Waals surface area contributed by atoms with Crippen LogP contribution in [0.4, 0.5) is 4.79 Å². The summed E-state index contributed by atoms with van der Waals surface area (Å²) in [6, 6.07) is 8.93. The van der Waals surface area contributed by atoms with E-state index < -0.39 is 18.1 Å². The fourth-order valence-electron chi connectivity index (χ4n) is 2.98. The van der Waals surface area contributed by atoms with E-state index in [4.69, 9.17) is 9.47 Å². The van der Waals surface area contributed by atoms with E-state index in [-0.39, 0.29) is 12.5 Å². The topological polar surface area (TPSA) is 93.7 Å². The van der Waals surface area contributed by atoms with Crippen LogP contribution in [0.5, 0.6) is 0 Å². The second-order valence-corrected chi connectivity index (χ2v) is 7.29. The van der Waals surface area contributed by atoms with Crippen LogP contribution in [0, 0.1) is 0 Å². The van der Waals surface area contributed by atoms with E-state index in [1.54, 1.807) is 0 Å². The molecule has 1 aromatic carbocycles. The molecule has 1 aromatic rings. The quantitative estimate of drug-likeness (QED) is 0.329. The molecule has 0 heterocycles. The summed E-state index contributed by atoms with van der Waals surface area (Å²) in [6.07, 6.45) is 6.92. The molecule has 0 aliphatic heterocycles. The Hall–Kier alpha value is -2.57. The number of unbranched alkanes of at least 4 members (excludes halogenated alkanes) is 5. The van der Waals surface area contributed by atoms with E-state index in [2.05, 4.69) is 17.6 Å². The fourth-order valence-corrected chi connectivity index (χ4v) is 2.98. The van der Waals surface area contributed by atoms with Gasteiger partial charge in [0, 0.05) is 13.0 Å². The summed E-state index contributed by atoms with van der Waals surface area (Å²) in [5.41, 5.74) is 0.939. The van der Waals surface area contributed by atoms with Crippen LogP contribution in [-0.2, 0) is 25.7 Å². The minimum Gasteiger partial charge on any atom is -0.467 e. The standard InChI is InChI=1S/C23H36N2O5/c1-3-4-5-10-15-20(22(27)29-2)25-21(26)16-11-7-12-17-24-23(28)30-18-19-13-8-6-9-14-19/h6,8-9,13-14,20H,3-5,7,10-12,15-18H2,1-2H3,(H,24,28)(H,25,26)/t20-/m0/s1. The molecule has 0 saturated heterocycles. The van der Waals surface area contributed by atoms with Crippen LogP contribution in [0.2, 0.25) is 0 Å². The van der Waals surface area contributed by atoms with Gasteiger partial charge in [-0.1, -0.05) is 69.4 Å². The van der Waals surface area contributed by atoms with E-state index in [1.807, 2.05) is 30.3 Å². The zero-order valence-corrected chi connectivity index (χ0v) is 18.3. The molecule has 0 aliphatic carbocycles. The molecule has 30 heavy (non-hydrogen) atoms. The second-order valence-electron chi connectivity index (χ2n) is 7.29. The first-order valence-electron chi connectivity index (χ1n) is 10.9. The van der Waals surface area contributed by atoms with Crippen LogP contribution in [0.1, 0.15) is 70.3 Å². The lowest BCUT2D eigenvalue weighted by molar-refractivity contribution is -0.145. The molecular weight excluding hydrogens is 384 g/mol. The number of amides is 2. The first-order valence-corrected chi connectivity index (χ1v) is 10.9. The van der Waals surface area contributed by atoms with Crippen molar-refractivity contribution in [3.05, 3.63) is 35.9 Å². The van der Waals surface area contributed by atoms with Gasteiger partial charge in [-0.3, -0.25) is 4.79 Å². The minimum absolute atomic E-state index is 0.142. The number of hydrogen-bond donors (Lipinski definition) is 2. The first-order chi connectivity index (χ1) is 14.6. The summed E-state index contributed by atoms with van der Waals surface area (Å²) < 4.78 is 9.93. The zero-order chi connectivity index (χ0) is 22.0. The van der Waals surface area contributed by atoms with Crippen molar-refractivity contribution in [3.63, 3.8) is 0 Å². The molecule has 0 aromatic heterocycles. The molecule has 168 valence electrons. The van der Waals surface area contributed by atoms with Crippen molar-refractivity contribution in [1.82, 2.24) is 10.6 Å². The lowest BCUT2D eigenvalue weighted by Gasteiger charge is -2.16. The van der Waals surface area contributed by atoms with Gasteiger partial charge in [-0.05, 0) is 24.8 Å². The van der Waals surface area contributed by atoms with E-state index >= 15 is 0 Å². The highest BCUT2D eigenvalue weighted by Crippen LogP contribution is 2.08. The zero-order valence-electron chi connectivity index (χ0n) is 18.3. The maximum Gasteiger partial charge on any atom is 0.407 e. The van der Waals surface area contributed by atoms with Gasteiger partial charge in [0.15, 0.2) is 0 Å². The van der Waals surface area contributed by atoms with Gasteiger partial charge in [0.2, 0.25) is 5.91 Å². The third-order valence-corrected chi connectivity index (χ3v) is 4.73. The number of rotatable bonds is 15. The summed E-state index contributed by atoms with van der Waals surface area (Å²) in [4.78, 5) is 35.6. The molecule has 1 rings (SSSR count). The Bertz CT molecular complexity index is 621. The molecular formula is C23H36N2O5. The lowest BCUT2D eigenvalue weighted by Crippen LogP contribution is -2.41. The second kappa shape index (κ2) is 16.3. The van der Waals surface area contributed by atoms with Crippen LogP contribution < -0.4 is 10.6 Å². The Morgan fingerprint density at radius 2 is 1.70 bits per heavy atom. The SMILES string of the molecule is CCCCCC[C@H](NC(=O)CCCCCNC(=O)OCc1ccccc1)C(=O)OC. The van der Waals surface area contributed by atoms with Crippen LogP contribution in [0.3, 0.4) is 0 Å². The minimum atomic E-state index is -0.569. The van der Waals surface area contributed by atoms with Gasteiger partial charge in [0.05, 0.1) is 7.11 Å². The summed E-state index contributed by atoms with van der Waals surface area (Å²) in [7, 11) is 1.34. The summed E-state index contributed by atoms with van der Waals surface area (Å²) in [5.74, 6) is -0.533. The highest BCUT2D eigenvalue weighted by Gasteiger charge is 2.20. The van der Waals surface area contributed by atoms with Crippen molar-refractivity contribution < 1.29 is 23.9 Å². The van der Waals surface area contributed by atoms with Gasteiger partial charge in [-0.2, -0.15) is 0 Å². The number of nitrogens with one attached hydrogen (secondary N) is 2. The molecule has 7 nitrogen and oxygen atoms in total. The molecule has 0 fully saturated rings. The molecule has 0 aliphatic rings. The molecule has 0 bridgehead atoms. The predicted molar refractivity (Wildman–Crippen MR) is 116 cm³/mol. The Labute approximate surface area is 179 Å². The van der Waals surface area contributed by atoms with Crippen LogP contribution in [0.25, 0.3) is 0 Å². The maximum atomic E-state index is 12.1. The van der Waals surface area contributed by atoms with Crippen LogP contribution in [0.15, 0.2) is 30.3 Å². The van der Waals surface area contributed by atoms with E-state index in [0.29, 0.717) is 25.8 Å². The Morgan fingerprint density at radius 1 is 0.967 bits per heavy atom. The highest BCUT2D eigenvalue weighted by molar-refractivity contribution is 5.84. The Balaban J connectivity index is 2.11. The smallest absolute Gasteiger partial charge is 0.407 e. The number of ether oxygens (including phenoxy) is 2. The van der Waals surface area contributed by atoms with Gasteiger partial charge in [0.25, 0.3) is 0 Å². The number of carbonyl (C=O) groups is 3. The molecule has 2 amide bonds. The van der Waals surface area contributed by atoms with Crippen molar-refractivity contribution in [2.45, 2.75) is 77.4 Å². The van der Waals surface area contributed by atoms with Crippen molar-refractivity contribution >= 4 is 18.0 Å². The summed E-state index contributed by atoms with van der Waals surface area (Å²) in [5, 5.41) is 5.49. The van der Waals surface area contributed by atoms with Crippen LogP contribution >= 0.6 is 0 Å². The molecule has 0 unspecified atom stereocenters. The molecule has 0 saturated carbocycles. The van der Waals surface area contributed by atoms with Crippen molar-refractivity contribution in [2.24, 2.45) is 0 Å². The lowest BCUT2D eigenvalue weighted by atomic mass is 10.1. The van der Waals surface area contributed by atoms with Crippen molar-refractivity contribution in [1.29, 1.82) is 0 Å². The molecule has 0 radical (unpaired) electrons. The third kappa shape index (κ3) is 12.1. The average molecular weight is 421 g/mol. The predicted octanol–water partition coefficient (Wildman–Crippen LogP) is 4.10. The average Bonchev–Trinajstić information content (AvgIpc) is 2.76. The summed E-state index contributed by atoms with van der Waals surface area (Å²) >= 11 is 0. The largest absolute Gasteiger partial charge is 0.467 e. The Kier molecular flexibility index (Phi) is 13.8. The van der Waals surface area contributed by atoms with E-state index in [0.717, 1.165) is 44.1 Å². The van der Waals surface area contributed by atoms with Crippen molar-refractivity contribution in [3.8, 4) is 0 Å². The summed E-state index contributed by atoms with van der Waals surface area (Å²) in [6.45, 7) is 2.87. The van der Waals surface area contributed by atoms with Gasteiger partial charge in [-0.15, -0.1) is 0 Å². The maximum absolute atomic E-state index is 12.1. The number of methoxy groups -OCH3 is 1. The molecule has 0 spiro atoms. The monoisotopic (exact) mass is 420 g/mol.